The standard InChI is InChI=1S/C19H35N3O4S/c1-15(2)27(25,26)16(3)19(24)22-13-7-17(8-14-22)18(23)20-9-6-12-21-10-4-5-11-21/h15-17H,4-14H2,1-3H3,(H,20,23). The Hall–Kier alpha value is -1.15. The second-order valence-corrected chi connectivity index (χ2v) is 10.9. The molecule has 0 spiro atoms. The molecule has 0 saturated carbocycles. The first kappa shape index (κ1) is 22.1. The van der Waals surface area contributed by atoms with Crippen molar-refractivity contribution in [2.24, 2.45) is 5.92 Å². The first-order valence-corrected chi connectivity index (χ1v) is 11.9. The largest absolute Gasteiger partial charge is 0.356 e. The predicted octanol–water partition coefficient (Wildman–Crippen LogP) is 1.04. The van der Waals surface area contributed by atoms with Crippen LogP contribution in [0.25, 0.3) is 0 Å². The lowest BCUT2D eigenvalue weighted by Gasteiger charge is -2.33. The van der Waals surface area contributed by atoms with Gasteiger partial charge in [-0.1, -0.05) is 0 Å². The highest BCUT2D eigenvalue weighted by atomic mass is 32.2. The molecule has 0 radical (unpaired) electrons. The molecule has 156 valence electrons. The Morgan fingerprint density at radius 2 is 1.63 bits per heavy atom. The molecule has 0 aromatic rings. The lowest BCUT2D eigenvalue weighted by atomic mass is 9.95. The predicted molar refractivity (Wildman–Crippen MR) is 106 cm³/mol. The second kappa shape index (κ2) is 9.87. The molecule has 1 N–H and O–H groups in total. The number of carbonyl (C=O) groups is 2. The Balaban J connectivity index is 1.70. The van der Waals surface area contributed by atoms with E-state index in [1.807, 2.05) is 0 Å². The Kier molecular flexibility index (Phi) is 8.09. The van der Waals surface area contributed by atoms with E-state index in [0.29, 0.717) is 32.5 Å². The van der Waals surface area contributed by atoms with Gasteiger partial charge in [-0.15, -0.1) is 0 Å². The van der Waals surface area contributed by atoms with Crippen molar-refractivity contribution in [2.45, 2.75) is 63.4 Å². The molecular weight excluding hydrogens is 366 g/mol. The van der Waals surface area contributed by atoms with Crippen molar-refractivity contribution in [1.29, 1.82) is 0 Å². The van der Waals surface area contributed by atoms with Gasteiger partial charge in [0.1, 0.15) is 5.25 Å². The van der Waals surface area contributed by atoms with Crippen LogP contribution in [-0.2, 0) is 19.4 Å². The van der Waals surface area contributed by atoms with Crippen molar-refractivity contribution in [2.75, 3.05) is 39.3 Å². The van der Waals surface area contributed by atoms with Crippen LogP contribution in [0.4, 0.5) is 0 Å². The van der Waals surface area contributed by atoms with Crippen molar-refractivity contribution in [1.82, 2.24) is 15.1 Å². The Labute approximate surface area is 163 Å². The molecule has 2 aliphatic rings. The van der Waals surface area contributed by atoms with E-state index in [9.17, 15) is 18.0 Å². The topological polar surface area (TPSA) is 86.8 Å². The zero-order chi connectivity index (χ0) is 20.0. The van der Waals surface area contributed by atoms with Gasteiger partial charge >= 0.3 is 0 Å². The van der Waals surface area contributed by atoms with Crippen molar-refractivity contribution < 1.29 is 18.0 Å². The normalized spacial score (nSPS) is 20.8. The minimum atomic E-state index is -3.45. The first-order chi connectivity index (χ1) is 12.7. The quantitative estimate of drug-likeness (QED) is 0.614. The summed E-state index contributed by atoms with van der Waals surface area (Å²) >= 11 is 0. The molecule has 0 bridgehead atoms. The number of likely N-dealkylation sites (tertiary alicyclic amines) is 2. The molecule has 27 heavy (non-hydrogen) atoms. The summed E-state index contributed by atoms with van der Waals surface area (Å²) in [4.78, 5) is 28.9. The summed E-state index contributed by atoms with van der Waals surface area (Å²) in [6.07, 6.45) is 4.71. The van der Waals surface area contributed by atoms with Gasteiger partial charge in [-0.3, -0.25) is 9.59 Å². The number of sulfone groups is 1. The average Bonchev–Trinajstić information content (AvgIpc) is 3.17. The molecule has 1 atom stereocenters. The summed E-state index contributed by atoms with van der Waals surface area (Å²) in [6.45, 7) is 9.63. The number of hydrogen-bond donors (Lipinski definition) is 1. The minimum absolute atomic E-state index is 0.0615. The molecule has 0 aromatic heterocycles. The SMILES string of the molecule is CC(C)S(=O)(=O)C(C)C(=O)N1CCC(C(=O)NCCCN2CCCC2)CC1. The zero-order valence-electron chi connectivity index (χ0n) is 16.9. The molecule has 0 aromatic carbocycles. The maximum Gasteiger partial charge on any atom is 0.240 e. The molecule has 7 nitrogen and oxygen atoms in total. The Morgan fingerprint density at radius 1 is 1.04 bits per heavy atom. The molecule has 2 heterocycles. The maximum absolute atomic E-state index is 12.5. The van der Waals surface area contributed by atoms with Crippen molar-refractivity contribution in [3.05, 3.63) is 0 Å². The van der Waals surface area contributed by atoms with E-state index in [1.165, 1.54) is 32.9 Å². The second-order valence-electron chi connectivity index (χ2n) is 8.07. The van der Waals surface area contributed by atoms with E-state index < -0.39 is 20.3 Å². The highest BCUT2D eigenvalue weighted by Gasteiger charge is 2.36. The minimum Gasteiger partial charge on any atom is -0.356 e. The summed E-state index contributed by atoms with van der Waals surface area (Å²) < 4.78 is 24.4. The van der Waals surface area contributed by atoms with Crippen LogP contribution in [0.5, 0.6) is 0 Å². The van der Waals surface area contributed by atoms with E-state index in [2.05, 4.69) is 10.2 Å². The van der Waals surface area contributed by atoms with E-state index in [0.717, 1.165) is 13.0 Å². The first-order valence-electron chi connectivity index (χ1n) is 10.2. The van der Waals surface area contributed by atoms with E-state index >= 15 is 0 Å². The fraction of sp³-hybridized carbons (Fsp3) is 0.895. The van der Waals surface area contributed by atoms with Gasteiger partial charge in [0.25, 0.3) is 0 Å². The van der Waals surface area contributed by atoms with Crippen LogP contribution in [0.15, 0.2) is 0 Å². The summed E-state index contributed by atoms with van der Waals surface area (Å²) in [7, 11) is -3.45. The van der Waals surface area contributed by atoms with E-state index in [-0.39, 0.29) is 17.7 Å². The molecule has 2 amide bonds. The van der Waals surface area contributed by atoms with Gasteiger partial charge in [0, 0.05) is 25.6 Å². The summed E-state index contributed by atoms with van der Waals surface area (Å²) in [5, 5.41) is 1.43. The van der Waals surface area contributed by atoms with E-state index in [1.54, 1.807) is 18.7 Å². The maximum atomic E-state index is 12.5. The molecule has 1 unspecified atom stereocenters. The summed E-state index contributed by atoms with van der Waals surface area (Å²) in [6, 6.07) is 0. The van der Waals surface area contributed by atoms with Crippen molar-refractivity contribution >= 4 is 21.7 Å². The van der Waals surface area contributed by atoms with Crippen molar-refractivity contribution in [3.8, 4) is 0 Å². The van der Waals surface area contributed by atoms with Crippen LogP contribution in [0, 0.1) is 5.92 Å². The van der Waals surface area contributed by atoms with Crippen LogP contribution in [0.2, 0.25) is 0 Å². The molecule has 8 heteroatoms. The number of nitrogens with one attached hydrogen (secondary N) is 1. The highest BCUT2D eigenvalue weighted by molar-refractivity contribution is 7.93. The van der Waals surface area contributed by atoms with Gasteiger partial charge in [-0.05, 0) is 72.5 Å². The number of amides is 2. The fourth-order valence-corrected chi connectivity index (χ4v) is 5.08. The average molecular weight is 402 g/mol. The molecule has 0 aliphatic carbocycles. The van der Waals surface area contributed by atoms with Gasteiger partial charge in [-0.2, -0.15) is 0 Å². The zero-order valence-corrected chi connectivity index (χ0v) is 17.8. The molecule has 2 saturated heterocycles. The van der Waals surface area contributed by atoms with Crippen LogP contribution in [0.1, 0.15) is 52.9 Å². The Bertz CT molecular complexity index is 606. The number of hydrogen-bond acceptors (Lipinski definition) is 5. The third-order valence-corrected chi connectivity index (χ3v) is 8.33. The highest BCUT2D eigenvalue weighted by Crippen LogP contribution is 2.20. The molecule has 2 aliphatic heterocycles. The Morgan fingerprint density at radius 3 is 2.19 bits per heavy atom. The van der Waals surface area contributed by atoms with E-state index in [4.69, 9.17) is 0 Å². The fourth-order valence-electron chi connectivity index (χ4n) is 3.83. The smallest absolute Gasteiger partial charge is 0.240 e. The van der Waals surface area contributed by atoms with Gasteiger partial charge in [0.2, 0.25) is 11.8 Å². The third-order valence-electron chi connectivity index (χ3n) is 5.82. The number of carbonyl (C=O) groups excluding carboxylic acids is 2. The number of piperidine rings is 1. The number of rotatable bonds is 8. The van der Waals surface area contributed by atoms with Gasteiger partial charge in [0.15, 0.2) is 9.84 Å². The lowest BCUT2D eigenvalue weighted by molar-refractivity contribution is -0.135. The number of nitrogens with zero attached hydrogens (tertiary/aromatic N) is 2. The van der Waals surface area contributed by atoms with Crippen LogP contribution >= 0.6 is 0 Å². The summed E-state index contributed by atoms with van der Waals surface area (Å²) in [5.41, 5.74) is 0. The van der Waals surface area contributed by atoms with Gasteiger partial charge in [0.05, 0.1) is 5.25 Å². The van der Waals surface area contributed by atoms with Gasteiger partial charge < -0.3 is 15.1 Å². The summed E-state index contributed by atoms with van der Waals surface area (Å²) in [5.74, 6) is -0.364. The third kappa shape index (κ3) is 5.91. The van der Waals surface area contributed by atoms with Crippen LogP contribution in [0.3, 0.4) is 0 Å². The lowest BCUT2D eigenvalue weighted by Crippen LogP contribution is -2.48. The monoisotopic (exact) mass is 401 g/mol. The van der Waals surface area contributed by atoms with Gasteiger partial charge in [-0.25, -0.2) is 8.42 Å². The van der Waals surface area contributed by atoms with Crippen LogP contribution < -0.4 is 5.32 Å². The molecular formula is C19H35N3O4S. The molecule has 2 rings (SSSR count). The molecule has 2 fully saturated rings. The van der Waals surface area contributed by atoms with Crippen molar-refractivity contribution in [3.63, 3.8) is 0 Å². The van der Waals surface area contributed by atoms with Crippen LogP contribution in [-0.4, -0.2) is 79.8 Å².